The summed E-state index contributed by atoms with van der Waals surface area (Å²) in [6.07, 6.45) is 67.5. The van der Waals surface area contributed by atoms with Crippen LogP contribution >= 0.6 is 0 Å². The van der Waals surface area contributed by atoms with E-state index in [-0.39, 0.29) is 18.5 Å². The van der Waals surface area contributed by atoms with Crippen LogP contribution in [0, 0.1) is 0 Å². The van der Waals surface area contributed by atoms with Crippen LogP contribution in [0.25, 0.3) is 0 Å². The van der Waals surface area contributed by atoms with Gasteiger partial charge < -0.3 is 20.3 Å². The lowest BCUT2D eigenvalue weighted by Crippen LogP contribution is -2.45. The molecule has 0 aromatic carbocycles. The number of hydrogen-bond acceptors (Lipinski definition) is 5. The van der Waals surface area contributed by atoms with Crippen molar-refractivity contribution in [3.8, 4) is 0 Å². The van der Waals surface area contributed by atoms with Crippen LogP contribution in [0.1, 0.15) is 322 Å². The fourth-order valence-corrected chi connectivity index (χ4v) is 9.15. The SMILES string of the molecule is CCCC/C=C\CCCCCCCC(=O)OCCCCCCCC/C=C\CCCCCC(=O)NC(CO)C(O)CCCCCCCCCCCCCCCCCCCCCCCCCCC. The van der Waals surface area contributed by atoms with Gasteiger partial charge in [-0.2, -0.15) is 0 Å². The molecule has 0 rings (SSSR count). The van der Waals surface area contributed by atoms with Crippen LogP contribution in [0.3, 0.4) is 0 Å². The Morgan fingerprint density at radius 1 is 0.409 bits per heavy atom. The number of hydrogen-bond donors (Lipinski definition) is 3. The number of rotatable bonds is 55. The molecular formula is C60H115NO5. The Labute approximate surface area is 411 Å². The maximum absolute atomic E-state index is 12.5. The Balaban J connectivity index is 3.48. The van der Waals surface area contributed by atoms with Crippen molar-refractivity contribution >= 4 is 11.9 Å². The van der Waals surface area contributed by atoms with E-state index in [0.29, 0.717) is 25.9 Å². The lowest BCUT2D eigenvalue weighted by atomic mass is 10.0. The van der Waals surface area contributed by atoms with Crippen LogP contribution in [0.4, 0.5) is 0 Å². The molecule has 0 bridgehead atoms. The van der Waals surface area contributed by atoms with Gasteiger partial charge in [-0.3, -0.25) is 9.59 Å². The third-order valence-corrected chi connectivity index (χ3v) is 13.7. The summed E-state index contributed by atoms with van der Waals surface area (Å²) in [4.78, 5) is 24.5. The second-order valence-corrected chi connectivity index (χ2v) is 20.3. The molecule has 0 saturated carbocycles. The van der Waals surface area contributed by atoms with E-state index in [1.807, 2.05) is 0 Å². The number of carbonyl (C=O) groups is 2. The second kappa shape index (κ2) is 55.9. The number of carbonyl (C=O) groups excluding carboxylic acids is 2. The molecule has 66 heavy (non-hydrogen) atoms. The molecule has 0 aliphatic rings. The van der Waals surface area contributed by atoms with E-state index >= 15 is 0 Å². The van der Waals surface area contributed by atoms with Gasteiger partial charge in [-0.05, 0) is 70.6 Å². The van der Waals surface area contributed by atoms with Gasteiger partial charge in [-0.15, -0.1) is 0 Å². The Morgan fingerprint density at radius 2 is 0.727 bits per heavy atom. The molecule has 0 saturated heterocycles. The first kappa shape index (κ1) is 64.3. The quantitative estimate of drug-likeness (QED) is 0.0321. The number of nitrogens with one attached hydrogen (secondary N) is 1. The summed E-state index contributed by atoms with van der Waals surface area (Å²) < 4.78 is 5.44. The first-order chi connectivity index (χ1) is 32.5. The van der Waals surface area contributed by atoms with Crippen molar-refractivity contribution < 1.29 is 24.5 Å². The number of aliphatic hydroxyl groups excluding tert-OH is 2. The molecule has 0 aromatic rings. The zero-order valence-corrected chi connectivity index (χ0v) is 44.4. The number of aliphatic hydroxyl groups is 2. The number of esters is 1. The zero-order valence-electron chi connectivity index (χ0n) is 44.4. The molecule has 2 unspecified atom stereocenters. The summed E-state index contributed by atoms with van der Waals surface area (Å²) in [5.74, 6) is -0.0852. The Morgan fingerprint density at radius 3 is 1.14 bits per heavy atom. The maximum Gasteiger partial charge on any atom is 0.305 e. The van der Waals surface area contributed by atoms with Crippen molar-refractivity contribution in [1.82, 2.24) is 5.32 Å². The van der Waals surface area contributed by atoms with Gasteiger partial charge >= 0.3 is 5.97 Å². The van der Waals surface area contributed by atoms with Crippen molar-refractivity contribution in [3.63, 3.8) is 0 Å². The van der Waals surface area contributed by atoms with Crippen molar-refractivity contribution in [1.29, 1.82) is 0 Å². The van der Waals surface area contributed by atoms with Gasteiger partial charge in [-0.25, -0.2) is 0 Å². The molecule has 2 atom stereocenters. The Hall–Kier alpha value is -1.66. The van der Waals surface area contributed by atoms with E-state index in [1.54, 1.807) is 0 Å². The van der Waals surface area contributed by atoms with Gasteiger partial charge in [0.15, 0.2) is 0 Å². The lowest BCUT2D eigenvalue weighted by molar-refractivity contribution is -0.143. The van der Waals surface area contributed by atoms with Crippen LogP contribution in [0.5, 0.6) is 0 Å². The number of allylic oxidation sites excluding steroid dienone is 4. The molecule has 6 nitrogen and oxygen atoms in total. The van der Waals surface area contributed by atoms with E-state index in [2.05, 4.69) is 43.5 Å². The summed E-state index contributed by atoms with van der Waals surface area (Å²) in [6.45, 7) is 4.89. The molecule has 0 fully saturated rings. The number of amides is 1. The molecular weight excluding hydrogens is 815 g/mol. The first-order valence-electron chi connectivity index (χ1n) is 29.6. The minimum atomic E-state index is -0.683. The molecule has 0 heterocycles. The van der Waals surface area contributed by atoms with Gasteiger partial charge in [0.2, 0.25) is 5.91 Å². The van der Waals surface area contributed by atoms with Crippen LogP contribution in [0.15, 0.2) is 24.3 Å². The molecule has 1 amide bonds. The van der Waals surface area contributed by atoms with E-state index in [1.165, 1.54) is 218 Å². The highest BCUT2D eigenvalue weighted by Gasteiger charge is 2.20. The normalized spacial score (nSPS) is 12.7. The average molecular weight is 931 g/mol. The molecule has 390 valence electrons. The highest BCUT2D eigenvalue weighted by molar-refractivity contribution is 5.76. The van der Waals surface area contributed by atoms with Gasteiger partial charge in [0.1, 0.15) is 0 Å². The summed E-state index contributed by atoms with van der Waals surface area (Å²) in [6, 6.07) is -0.563. The van der Waals surface area contributed by atoms with Crippen LogP contribution < -0.4 is 5.32 Å². The third kappa shape index (κ3) is 51.7. The summed E-state index contributed by atoms with van der Waals surface area (Å²) in [5.41, 5.74) is 0. The smallest absolute Gasteiger partial charge is 0.305 e. The highest BCUT2D eigenvalue weighted by atomic mass is 16.5. The molecule has 0 radical (unpaired) electrons. The minimum Gasteiger partial charge on any atom is -0.466 e. The highest BCUT2D eigenvalue weighted by Crippen LogP contribution is 2.17. The number of ether oxygens (including phenoxy) is 1. The lowest BCUT2D eigenvalue weighted by Gasteiger charge is -2.22. The van der Waals surface area contributed by atoms with Crippen molar-refractivity contribution in [2.24, 2.45) is 0 Å². The summed E-state index contributed by atoms with van der Waals surface area (Å²) in [7, 11) is 0. The van der Waals surface area contributed by atoms with E-state index in [4.69, 9.17) is 4.74 Å². The molecule has 0 aromatic heterocycles. The summed E-state index contributed by atoms with van der Waals surface area (Å²) in [5, 5.41) is 23.3. The van der Waals surface area contributed by atoms with Crippen LogP contribution in [-0.2, 0) is 14.3 Å². The monoisotopic (exact) mass is 930 g/mol. The standard InChI is InChI=1S/C60H115NO5/c1-3-5-7-9-11-13-15-16-17-18-19-20-21-22-23-24-25-26-27-29-33-36-40-44-48-52-58(63)57(56-62)61-59(64)53-49-45-41-37-34-30-28-31-35-39-43-47-51-55-66-60(65)54-50-46-42-38-32-14-12-10-8-6-4-2/h10,12,30,34,57-58,62-63H,3-9,11,13-29,31-33,35-56H2,1-2H3,(H,61,64)/b12-10-,34-30-. The predicted molar refractivity (Wildman–Crippen MR) is 287 cm³/mol. The Bertz CT molecular complexity index is 1030. The largest absolute Gasteiger partial charge is 0.466 e. The van der Waals surface area contributed by atoms with Crippen LogP contribution in [-0.4, -0.2) is 47.4 Å². The topological polar surface area (TPSA) is 95.9 Å². The first-order valence-corrected chi connectivity index (χ1v) is 29.6. The zero-order chi connectivity index (χ0) is 47.9. The van der Waals surface area contributed by atoms with Crippen molar-refractivity contribution in [2.45, 2.75) is 334 Å². The molecule has 3 N–H and O–H groups in total. The average Bonchev–Trinajstić information content (AvgIpc) is 3.32. The van der Waals surface area contributed by atoms with Crippen molar-refractivity contribution in [3.05, 3.63) is 24.3 Å². The van der Waals surface area contributed by atoms with Crippen LogP contribution in [0.2, 0.25) is 0 Å². The minimum absolute atomic E-state index is 0.0230. The van der Waals surface area contributed by atoms with Gasteiger partial charge in [-0.1, -0.05) is 263 Å². The molecule has 6 heteroatoms. The van der Waals surface area contributed by atoms with Gasteiger partial charge in [0.05, 0.1) is 25.4 Å². The molecule has 0 spiro atoms. The van der Waals surface area contributed by atoms with Gasteiger partial charge in [0.25, 0.3) is 0 Å². The second-order valence-electron chi connectivity index (χ2n) is 20.3. The predicted octanol–water partition coefficient (Wildman–Crippen LogP) is 18.2. The summed E-state index contributed by atoms with van der Waals surface area (Å²) >= 11 is 0. The van der Waals surface area contributed by atoms with E-state index in [0.717, 1.165) is 70.6 Å². The fourth-order valence-electron chi connectivity index (χ4n) is 9.15. The number of unbranched alkanes of at least 4 members (excludes halogenated alkanes) is 40. The van der Waals surface area contributed by atoms with Crippen molar-refractivity contribution in [2.75, 3.05) is 13.2 Å². The third-order valence-electron chi connectivity index (χ3n) is 13.7. The molecule has 0 aliphatic carbocycles. The fraction of sp³-hybridized carbons (Fsp3) is 0.900. The van der Waals surface area contributed by atoms with E-state index < -0.39 is 12.1 Å². The van der Waals surface area contributed by atoms with Gasteiger partial charge in [0, 0.05) is 12.8 Å². The maximum atomic E-state index is 12.5. The van der Waals surface area contributed by atoms with E-state index in [9.17, 15) is 19.8 Å². The molecule has 0 aliphatic heterocycles. The Kier molecular flexibility index (Phi) is 54.5.